The highest BCUT2D eigenvalue weighted by molar-refractivity contribution is 7.91. The molecule has 2 aliphatic rings. The normalized spacial score (nSPS) is 22.2. The van der Waals surface area contributed by atoms with Crippen molar-refractivity contribution in [2.45, 2.75) is 44.1 Å². The second-order valence-corrected chi connectivity index (χ2v) is 9.24. The molecule has 3 rings (SSSR count). The van der Waals surface area contributed by atoms with Crippen LogP contribution in [0.25, 0.3) is 0 Å². The van der Waals surface area contributed by atoms with E-state index in [-0.39, 0.29) is 28.8 Å². The van der Waals surface area contributed by atoms with Crippen molar-refractivity contribution in [2.75, 3.05) is 39.6 Å². The maximum Gasteiger partial charge on any atom is 0.239 e. The minimum Gasteiger partial charge on any atom is -0.383 e. The summed E-state index contributed by atoms with van der Waals surface area (Å²) >= 11 is 0. The molecule has 0 bridgehead atoms. The number of methoxy groups -OCH3 is 1. The number of hydrogen-bond acceptors (Lipinski definition) is 6. The lowest BCUT2D eigenvalue weighted by atomic mass is 10.2. The first-order valence-corrected chi connectivity index (χ1v) is 10.7. The zero-order chi connectivity index (χ0) is 18.9. The molecule has 0 spiro atoms. The Bertz CT molecular complexity index is 757. The van der Waals surface area contributed by atoms with E-state index in [1.54, 1.807) is 22.8 Å². The van der Waals surface area contributed by atoms with Crippen LogP contribution in [0.4, 0.5) is 0 Å². The summed E-state index contributed by atoms with van der Waals surface area (Å²) in [6.45, 7) is 4.65. The minimum atomic E-state index is -3.41. The number of hydrogen-bond donors (Lipinski definition) is 0. The summed E-state index contributed by atoms with van der Waals surface area (Å²) in [5, 5.41) is 0.129. The van der Waals surface area contributed by atoms with Crippen LogP contribution in [-0.4, -0.2) is 79.3 Å². The van der Waals surface area contributed by atoms with Gasteiger partial charge in [-0.15, -0.1) is 0 Å². The molecular formula is C17H28N4O4S. The van der Waals surface area contributed by atoms with Crippen LogP contribution >= 0.6 is 0 Å². The maximum atomic E-state index is 12.7. The van der Waals surface area contributed by atoms with Gasteiger partial charge in [0.15, 0.2) is 0 Å². The fourth-order valence-corrected chi connectivity index (χ4v) is 5.20. The zero-order valence-electron chi connectivity index (χ0n) is 15.7. The smallest absolute Gasteiger partial charge is 0.239 e. The number of piperazine rings is 1. The van der Waals surface area contributed by atoms with E-state index in [2.05, 4.69) is 9.88 Å². The number of ether oxygens (including phenoxy) is 1. The molecule has 1 saturated heterocycles. The first-order valence-electron chi connectivity index (χ1n) is 9.08. The van der Waals surface area contributed by atoms with Crippen molar-refractivity contribution >= 4 is 15.7 Å². The number of aromatic nitrogens is 2. The maximum absolute atomic E-state index is 12.7. The van der Waals surface area contributed by atoms with Gasteiger partial charge in [0.2, 0.25) is 20.9 Å². The predicted octanol–water partition coefficient (Wildman–Crippen LogP) is 0.376. The summed E-state index contributed by atoms with van der Waals surface area (Å²) in [5.74, 6) is 0.520. The molecule has 9 heteroatoms. The fourth-order valence-electron chi connectivity index (χ4n) is 3.34. The number of likely N-dealkylation sites (N-methyl/N-ethyl adjacent to an activating group) is 1. The topological polar surface area (TPSA) is 84.7 Å². The number of rotatable bonds is 8. The van der Waals surface area contributed by atoms with Gasteiger partial charge in [-0.1, -0.05) is 0 Å². The summed E-state index contributed by atoms with van der Waals surface area (Å²) in [7, 11) is -0.00800. The highest BCUT2D eigenvalue weighted by Crippen LogP contribution is 2.32. The Hall–Kier alpha value is -1.45. The molecular weight excluding hydrogens is 356 g/mol. The van der Waals surface area contributed by atoms with Crippen LogP contribution in [0.15, 0.2) is 11.4 Å². The summed E-state index contributed by atoms with van der Waals surface area (Å²) in [6, 6.07) is -0.231. The van der Waals surface area contributed by atoms with Gasteiger partial charge in [-0.2, -0.15) is 0 Å². The molecule has 1 aliphatic carbocycles. The third-order valence-electron chi connectivity index (χ3n) is 5.22. The number of nitrogens with zero attached hydrogens (tertiary/aromatic N) is 4. The van der Waals surface area contributed by atoms with Crippen LogP contribution < -0.4 is 0 Å². The minimum absolute atomic E-state index is 0.0841. The van der Waals surface area contributed by atoms with Crippen molar-refractivity contribution in [2.24, 2.45) is 5.92 Å². The van der Waals surface area contributed by atoms with Gasteiger partial charge in [0.25, 0.3) is 0 Å². The van der Waals surface area contributed by atoms with Gasteiger partial charge >= 0.3 is 0 Å². The van der Waals surface area contributed by atoms with E-state index in [0.717, 1.165) is 25.1 Å². The van der Waals surface area contributed by atoms with Crippen molar-refractivity contribution in [1.82, 2.24) is 19.4 Å². The Morgan fingerprint density at radius 1 is 1.31 bits per heavy atom. The molecule has 26 heavy (non-hydrogen) atoms. The van der Waals surface area contributed by atoms with Crippen molar-refractivity contribution in [1.29, 1.82) is 0 Å². The van der Waals surface area contributed by atoms with Gasteiger partial charge in [0.05, 0.1) is 30.3 Å². The van der Waals surface area contributed by atoms with E-state index in [1.165, 1.54) is 0 Å². The van der Waals surface area contributed by atoms with Gasteiger partial charge in [-0.25, -0.2) is 13.4 Å². The molecule has 0 radical (unpaired) electrons. The van der Waals surface area contributed by atoms with Gasteiger partial charge in [0.1, 0.15) is 0 Å². The highest BCUT2D eigenvalue weighted by Gasteiger charge is 2.34. The lowest BCUT2D eigenvalue weighted by Gasteiger charge is -2.37. The first kappa shape index (κ1) is 19.3. The van der Waals surface area contributed by atoms with E-state index >= 15 is 0 Å². The van der Waals surface area contributed by atoms with Crippen molar-refractivity contribution in [3.8, 4) is 0 Å². The van der Waals surface area contributed by atoms with Gasteiger partial charge in [-0.3, -0.25) is 9.69 Å². The molecule has 146 valence electrons. The Balaban J connectivity index is 1.83. The number of amides is 1. The quantitative estimate of drug-likeness (QED) is 0.644. The Morgan fingerprint density at radius 2 is 2.04 bits per heavy atom. The van der Waals surface area contributed by atoms with E-state index in [0.29, 0.717) is 26.2 Å². The third kappa shape index (κ3) is 4.10. The number of carbonyl (C=O) groups is 1. The average molecular weight is 385 g/mol. The lowest BCUT2D eigenvalue weighted by molar-refractivity contribution is -0.139. The van der Waals surface area contributed by atoms with Crippen LogP contribution in [0, 0.1) is 5.92 Å². The van der Waals surface area contributed by atoms with E-state index in [9.17, 15) is 13.2 Å². The zero-order valence-corrected chi connectivity index (χ0v) is 16.5. The van der Waals surface area contributed by atoms with E-state index < -0.39 is 9.84 Å². The molecule has 1 aromatic rings. The summed E-state index contributed by atoms with van der Waals surface area (Å²) in [4.78, 5) is 20.3. The van der Waals surface area contributed by atoms with Gasteiger partial charge in [0, 0.05) is 40.3 Å². The largest absolute Gasteiger partial charge is 0.383 e. The molecule has 8 nitrogen and oxygen atoms in total. The molecule has 1 aromatic heterocycles. The van der Waals surface area contributed by atoms with Crippen LogP contribution in [0.1, 0.15) is 25.5 Å². The Kier molecular flexibility index (Phi) is 5.69. The van der Waals surface area contributed by atoms with Crippen molar-refractivity contribution < 1.29 is 17.9 Å². The molecule has 0 N–H and O–H groups in total. The van der Waals surface area contributed by atoms with Crippen LogP contribution in [0.5, 0.6) is 0 Å². The Morgan fingerprint density at radius 3 is 2.69 bits per heavy atom. The summed E-state index contributed by atoms with van der Waals surface area (Å²) in [5.41, 5.74) is 0.806. The number of sulfone groups is 1. The lowest BCUT2D eigenvalue weighted by Crippen LogP contribution is -2.54. The van der Waals surface area contributed by atoms with Crippen LogP contribution in [0.2, 0.25) is 0 Å². The highest BCUT2D eigenvalue weighted by atomic mass is 32.2. The molecule has 0 unspecified atom stereocenters. The number of carbonyl (C=O) groups excluding carboxylic acids is 1. The van der Waals surface area contributed by atoms with Crippen molar-refractivity contribution in [3.63, 3.8) is 0 Å². The molecule has 0 aromatic carbocycles. The summed E-state index contributed by atoms with van der Waals surface area (Å²) < 4.78 is 32.4. The van der Waals surface area contributed by atoms with E-state index in [1.807, 2.05) is 14.0 Å². The van der Waals surface area contributed by atoms with Gasteiger partial charge < -0.3 is 14.2 Å². The van der Waals surface area contributed by atoms with Crippen molar-refractivity contribution in [3.05, 3.63) is 11.9 Å². The average Bonchev–Trinajstić information content (AvgIpc) is 3.30. The third-order valence-corrected chi connectivity index (χ3v) is 7.01. The molecule has 1 atom stereocenters. The molecule has 2 heterocycles. The predicted molar refractivity (Wildman–Crippen MR) is 96.4 cm³/mol. The standard InChI is InChI=1S/C17H28N4O4S/c1-13-16(22)19(2)6-7-20(13)11-15-10-18-17(21(15)8-9-25-3)26(23,24)12-14-4-5-14/h10,13-14H,4-9,11-12H2,1-3H3/t13-/m0/s1. The Labute approximate surface area is 155 Å². The number of imidazole rings is 1. The van der Waals surface area contributed by atoms with Gasteiger partial charge in [-0.05, 0) is 25.7 Å². The monoisotopic (exact) mass is 384 g/mol. The van der Waals surface area contributed by atoms with Crippen LogP contribution in [0.3, 0.4) is 0 Å². The summed E-state index contributed by atoms with van der Waals surface area (Å²) in [6.07, 6.45) is 3.59. The second kappa shape index (κ2) is 7.66. The molecule has 2 fully saturated rings. The second-order valence-electron chi connectivity index (χ2n) is 7.31. The molecule has 1 amide bonds. The molecule has 1 aliphatic heterocycles. The van der Waals surface area contributed by atoms with E-state index in [4.69, 9.17) is 4.74 Å². The SMILES string of the molecule is COCCn1c(CN2CCN(C)C(=O)[C@@H]2C)cnc1S(=O)(=O)CC1CC1. The molecule has 1 saturated carbocycles. The first-order chi connectivity index (χ1) is 12.3. The van der Waals surface area contributed by atoms with Crippen LogP contribution in [-0.2, 0) is 32.5 Å². The fraction of sp³-hybridized carbons (Fsp3) is 0.765.